The molecule has 2 N–H and O–H groups in total. The van der Waals surface area contributed by atoms with Gasteiger partial charge >= 0.3 is 0 Å². The molecule has 0 unspecified atom stereocenters. The van der Waals surface area contributed by atoms with Gasteiger partial charge in [-0.15, -0.1) is 0 Å². The van der Waals surface area contributed by atoms with Crippen molar-refractivity contribution < 1.29 is 9.52 Å². The Morgan fingerprint density at radius 1 is 1.50 bits per heavy atom. The Morgan fingerprint density at radius 2 is 2.25 bits per heavy atom. The van der Waals surface area contributed by atoms with Crippen molar-refractivity contribution in [3.63, 3.8) is 0 Å². The highest BCUT2D eigenvalue weighted by molar-refractivity contribution is 5.48. The maximum atomic E-state index is 11.4. The number of aromatic hydroxyl groups is 1. The van der Waals surface area contributed by atoms with E-state index in [4.69, 9.17) is 4.42 Å². The summed E-state index contributed by atoms with van der Waals surface area (Å²) in [5, 5.41) is 9.43. The van der Waals surface area contributed by atoms with E-state index in [1.807, 2.05) is 13.0 Å². The topological polar surface area (TPSA) is 79.1 Å². The lowest BCUT2D eigenvalue weighted by Crippen LogP contribution is -2.11. The number of furan rings is 1. The zero-order valence-electron chi connectivity index (χ0n) is 9.07. The molecule has 0 fully saturated rings. The third kappa shape index (κ3) is 1.71. The molecule has 0 atom stereocenters. The summed E-state index contributed by atoms with van der Waals surface area (Å²) in [5.41, 5.74) is -0.164. The van der Waals surface area contributed by atoms with Crippen LogP contribution in [-0.4, -0.2) is 15.1 Å². The molecule has 0 saturated carbocycles. The molecule has 0 spiro atoms. The van der Waals surface area contributed by atoms with E-state index in [-0.39, 0.29) is 22.8 Å². The van der Waals surface area contributed by atoms with Gasteiger partial charge in [-0.3, -0.25) is 4.79 Å². The third-order valence-corrected chi connectivity index (χ3v) is 2.37. The van der Waals surface area contributed by atoms with Gasteiger partial charge in [0, 0.05) is 6.42 Å². The van der Waals surface area contributed by atoms with Gasteiger partial charge in [-0.2, -0.15) is 4.98 Å². The van der Waals surface area contributed by atoms with E-state index in [9.17, 15) is 9.90 Å². The van der Waals surface area contributed by atoms with E-state index in [2.05, 4.69) is 9.97 Å². The molecule has 0 radical (unpaired) electrons. The Balaban J connectivity index is 2.52. The predicted octanol–water partition coefficient (Wildman–Crippen LogP) is 1.61. The van der Waals surface area contributed by atoms with Crippen molar-refractivity contribution >= 4 is 0 Å². The monoisotopic (exact) mass is 220 g/mol. The lowest BCUT2D eigenvalue weighted by molar-refractivity contribution is 0.445. The molecule has 5 nitrogen and oxygen atoms in total. The van der Waals surface area contributed by atoms with E-state index >= 15 is 0 Å². The number of rotatable bonds is 2. The summed E-state index contributed by atoms with van der Waals surface area (Å²) in [6, 6.07) is 3.53. The molecule has 84 valence electrons. The second-order valence-corrected chi connectivity index (χ2v) is 3.48. The molecule has 0 aliphatic heterocycles. The van der Waals surface area contributed by atoms with E-state index in [1.54, 1.807) is 6.07 Å². The highest BCUT2D eigenvalue weighted by atomic mass is 16.3. The number of hydrogen-bond acceptors (Lipinski definition) is 4. The van der Waals surface area contributed by atoms with Crippen LogP contribution in [0.2, 0.25) is 0 Å². The van der Waals surface area contributed by atoms with Gasteiger partial charge in [0.05, 0.1) is 5.56 Å². The van der Waals surface area contributed by atoms with Crippen LogP contribution in [0, 0.1) is 6.92 Å². The first-order valence-electron chi connectivity index (χ1n) is 5.00. The summed E-state index contributed by atoms with van der Waals surface area (Å²) in [5.74, 6) is 1.22. The number of nitrogens with zero attached hydrogens (tertiary/aromatic N) is 1. The fourth-order valence-corrected chi connectivity index (χ4v) is 1.33. The second kappa shape index (κ2) is 3.84. The number of hydrogen-bond donors (Lipinski definition) is 2. The molecule has 16 heavy (non-hydrogen) atoms. The van der Waals surface area contributed by atoms with Crippen LogP contribution in [0.4, 0.5) is 0 Å². The Morgan fingerprint density at radius 3 is 2.81 bits per heavy atom. The molecule has 2 aromatic heterocycles. The minimum Gasteiger partial charge on any atom is -0.493 e. The average Bonchev–Trinajstić information content (AvgIpc) is 2.73. The van der Waals surface area contributed by atoms with Crippen LogP contribution in [0.5, 0.6) is 5.88 Å². The van der Waals surface area contributed by atoms with Gasteiger partial charge in [0.1, 0.15) is 5.76 Å². The number of aromatic amines is 1. The molecule has 2 heterocycles. The highest BCUT2D eigenvalue weighted by Crippen LogP contribution is 2.20. The van der Waals surface area contributed by atoms with Crippen molar-refractivity contribution in [1.82, 2.24) is 9.97 Å². The van der Waals surface area contributed by atoms with Crippen molar-refractivity contribution in [3.05, 3.63) is 33.8 Å². The average molecular weight is 220 g/mol. The van der Waals surface area contributed by atoms with Crippen LogP contribution >= 0.6 is 0 Å². The van der Waals surface area contributed by atoms with Crippen LogP contribution < -0.4 is 5.56 Å². The summed E-state index contributed by atoms with van der Waals surface area (Å²) in [7, 11) is 0. The van der Waals surface area contributed by atoms with Gasteiger partial charge in [-0.25, -0.2) is 0 Å². The first-order valence-corrected chi connectivity index (χ1v) is 5.00. The Bertz CT molecular complexity index is 569. The van der Waals surface area contributed by atoms with Crippen molar-refractivity contribution in [1.29, 1.82) is 0 Å². The first kappa shape index (κ1) is 10.5. The Kier molecular flexibility index (Phi) is 2.52. The minimum atomic E-state index is -0.364. The van der Waals surface area contributed by atoms with Gasteiger partial charge in [-0.1, -0.05) is 6.92 Å². The van der Waals surface area contributed by atoms with E-state index in [0.717, 1.165) is 12.2 Å². The fourth-order valence-electron chi connectivity index (χ4n) is 1.33. The number of aromatic nitrogens is 2. The maximum Gasteiger partial charge on any atom is 0.257 e. The zero-order valence-corrected chi connectivity index (χ0v) is 9.07. The number of aryl methyl sites for hydroxylation is 1. The Hall–Kier alpha value is -2.04. The fraction of sp³-hybridized carbons (Fsp3) is 0.273. The molecule has 2 aromatic rings. The van der Waals surface area contributed by atoms with Crippen LogP contribution in [-0.2, 0) is 6.42 Å². The molecule has 2 rings (SSSR count). The summed E-state index contributed by atoms with van der Waals surface area (Å²) < 4.78 is 5.42. The van der Waals surface area contributed by atoms with Crippen molar-refractivity contribution in [3.8, 4) is 17.5 Å². The third-order valence-electron chi connectivity index (χ3n) is 2.37. The molecule has 0 amide bonds. The van der Waals surface area contributed by atoms with E-state index in [0.29, 0.717) is 5.76 Å². The van der Waals surface area contributed by atoms with Crippen molar-refractivity contribution in [2.75, 3.05) is 0 Å². The minimum absolute atomic E-state index is 0.200. The van der Waals surface area contributed by atoms with Crippen LogP contribution in [0.3, 0.4) is 0 Å². The normalized spacial score (nSPS) is 10.6. The number of nitrogens with one attached hydrogen (secondary N) is 1. The van der Waals surface area contributed by atoms with E-state index in [1.165, 1.54) is 6.92 Å². The van der Waals surface area contributed by atoms with Crippen molar-refractivity contribution in [2.45, 2.75) is 20.3 Å². The van der Waals surface area contributed by atoms with Gasteiger partial charge in [-0.05, 0) is 19.1 Å². The quantitative estimate of drug-likeness (QED) is 0.805. The molecular weight excluding hydrogens is 208 g/mol. The van der Waals surface area contributed by atoms with Gasteiger partial charge in [0.2, 0.25) is 5.88 Å². The summed E-state index contributed by atoms with van der Waals surface area (Å²) >= 11 is 0. The molecule has 0 aliphatic carbocycles. The van der Waals surface area contributed by atoms with Gasteiger partial charge in [0.25, 0.3) is 5.56 Å². The Labute approximate surface area is 91.8 Å². The first-order chi connectivity index (χ1) is 7.61. The summed E-state index contributed by atoms with van der Waals surface area (Å²) in [6.45, 7) is 3.47. The van der Waals surface area contributed by atoms with Crippen LogP contribution in [0.1, 0.15) is 18.2 Å². The number of H-pyrrole nitrogens is 1. The molecular formula is C11H12N2O3. The van der Waals surface area contributed by atoms with E-state index < -0.39 is 0 Å². The molecule has 0 aromatic carbocycles. The second-order valence-electron chi connectivity index (χ2n) is 3.48. The van der Waals surface area contributed by atoms with Crippen LogP contribution in [0.15, 0.2) is 21.3 Å². The molecule has 0 aliphatic rings. The zero-order chi connectivity index (χ0) is 11.7. The molecule has 0 bridgehead atoms. The standard InChI is InChI=1S/C11H12N2O3/c1-3-7-4-5-8(16-7)9-12-10(14)6(2)11(15)13-9/h4-5H,3H2,1-2H3,(H2,12,13,14,15). The highest BCUT2D eigenvalue weighted by Gasteiger charge is 2.10. The van der Waals surface area contributed by atoms with Gasteiger partial charge in [0.15, 0.2) is 11.6 Å². The summed E-state index contributed by atoms with van der Waals surface area (Å²) in [6.07, 6.45) is 0.766. The van der Waals surface area contributed by atoms with Crippen molar-refractivity contribution in [2.24, 2.45) is 0 Å². The molecule has 0 saturated heterocycles. The molecule has 5 heteroatoms. The lowest BCUT2D eigenvalue weighted by atomic mass is 10.3. The SMILES string of the molecule is CCc1ccc(-c2nc(O)c(C)c(=O)[nH]2)o1. The maximum absolute atomic E-state index is 11.4. The smallest absolute Gasteiger partial charge is 0.257 e. The lowest BCUT2D eigenvalue weighted by Gasteiger charge is -1.99. The van der Waals surface area contributed by atoms with Gasteiger partial charge < -0.3 is 14.5 Å². The summed E-state index contributed by atoms with van der Waals surface area (Å²) in [4.78, 5) is 17.8. The largest absolute Gasteiger partial charge is 0.493 e. The predicted molar refractivity (Wildman–Crippen MR) is 58.3 cm³/mol. The van der Waals surface area contributed by atoms with Crippen LogP contribution in [0.25, 0.3) is 11.6 Å².